The van der Waals surface area contributed by atoms with Crippen LogP contribution in [-0.4, -0.2) is 34.3 Å². The quantitative estimate of drug-likeness (QED) is 0.565. The van der Waals surface area contributed by atoms with Crippen LogP contribution in [0.25, 0.3) is 0 Å². The van der Waals surface area contributed by atoms with Crippen LogP contribution in [0.5, 0.6) is 0 Å². The number of anilines is 2. The number of aliphatic hydroxyl groups is 1. The second-order valence-corrected chi connectivity index (χ2v) is 4.93. The van der Waals surface area contributed by atoms with Crippen LogP contribution >= 0.6 is 0 Å². The minimum Gasteiger partial charge on any atom is -0.396 e. The molecule has 0 spiro atoms. The molecule has 1 fully saturated rings. The molecule has 1 aromatic heterocycles. The summed E-state index contributed by atoms with van der Waals surface area (Å²) < 4.78 is 38.6. The van der Waals surface area contributed by atoms with Crippen LogP contribution < -0.4 is 16.2 Å². The van der Waals surface area contributed by atoms with Gasteiger partial charge in [-0.1, -0.05) is 0 Å². The second kappa shape index (κ2) is 6.44. The molecule has 1 aliphatic heterocycles. The van der Waals surface area contributed by atoms with Crippen molar-refractivity contribution < 1.29 is 18.3 Å². The van der Waals surface area contributed by atoms with Crippen LogP contribution in [0.1, 0.15) is 31.4 Å². The first kappa shape index (κ1) is 15.8. The molecule has 118 valence electrons. The lowest BCUT2D eigenvalue weighted by Gasteiger charge is -2.26. The van der Waals surface area contributed by atoms with E-state index in [-0.39, 0.29) is 24.4 Å². The largest absolute Gasteiger partial charge is 0.433 e. The maximum atomic E-state index is 12.9. The summed E-state index contributed by atoms with van der Waals surface area (Å²) in [7, 11) is 0. The molecule has 0 bridgehead atoms. The Kier molecular flexibility index (Phi) is 4.84. The van der Waals surface area contributed by atoms with Gasteiger partial charge in [0, 0.05) is 25.3 Å². The topological polar surface area (TPSA) is 87.3 Å². The Morgan fingerprint density at radius 3 is 2.81 bits per heavy atom. The van der Waals surface area contributed by atoms with Gasteiger partial charge in [0.1, 0.15) is 5.82 Å². The molecule has 9 heteroatoms. The van der Waals surface area contributed by atoms with Gasteiger partial charge in [-0.3, -0.25) is 5.43 Å². The van der Waals surface area contributed by atoms with Gasteiger partial charge in [0.05, 0.1) is 0 Å². The number of rotatable bonds is 5. The van der Waals surface area contributed by atoms with Gasteiger partial charge < -0.3 is 10.0 Å². The maximum Gasteiger partial charge on any atom is 0.433 e. The Morgan fingerprint density at radius 1 is 1.43 bits per heavy atom. The third-order valence-corrected chi connectivity index (χ3v) is 3.50. The van der Waals surface area contributed by atoms with Crippen molar-refractivity contribution in [3.05, 3.63) is 11.8 Å². The normalized spacial score (nSPS) is 19.1. The third kappa shape index (κ3) is 3.73. The molecule has 0 saturated carbocycles. The van der Waals surface area contributed by atoms with Gasteiger partial charge in [0.15, 0.2) is 5.69 Å². The number of aromatic nitrogens is 2. The Morgan fingerprint density at radius 2 is 2.19 bits per heavy atom. The van der Waals surface area contributed by atoms with Crippen molar-refractivity contribution in [3.8, 4) is 0 Å². The Labute approximate surface area is 120 Å². The highest BCUT2D eigenvalue weighted by Crippen LogP contribution is 2.33. The summed E-state index contributed by atoms with van der Waals surface area (Å²) in [5.74, 6) is 5.11. The molecule has 0 radical (unpaired) electrons. The molecule has 4 N–H and O–H groups in total. The zero-order valence-corrected chi connectivity index (χ0v) is 11.4. The van der Waals surface area contributed by atoms with Crippen LogP contribution in [0.15, 0.2) is 6.07 Å². The molecule has 1 atom stereocenters. The van der Waals surface area contributed by atoms with Crippen molar-refractivity contribution in [2.45, 2.75) is 37.9 Å². The minimum atomic E-state index is -4.55. The molecule has 6 nitrogen and oxygen atoms in total. The van der Waals surface area contributed by atoms with Gasteiger partial charge >= 0.3 is 6.18 Å². The van der Waals surface area contributed by atoms with Crippen molar-refractivity contribution in [2.24, 2.45) is 5.84 Å². The molecule has 21 heavy (non-hydrogen) atoms. The fourth-order valence-corrected chi connectivity index (χ4v) is 2.56. The molecular formula is C12H18F3N5O. The highest BCUT2D eigenvalue weighted by atomic mass is 19.4. The monoisotopic (exact) mass is 305 g/mol. The highest BCUT2D eigenvalue weighted by Gasteiger charge is 2.35. The fraction of sp³-hybridized carbons (Fsp3) is 0.667. The van der Waals surface area contributed by atoms with Gasteiger partial charge in [-0.05, 0) is 25.7 Å². The molecule has 0 amide bonds. The molecule has 0 aromatic carbocycles. The van der Waals surface area contributed by atoms with E-state index in [1.807, 2.05) is 4.90 Å². The van der Waals surface area contributed by atoms with Gasteiger partial charge in [-0.2, -0.15) is 18.2 Å². The van der Waals surface area contributed by atoms with Crippen LogP contribution in [0.2, 0.25) is 0 Å². The van der Waals surface area contributed by atoms with E-state index in [0.29, 0.717) is 19.4 Å². The summed E-state index contributed by atoms with van der Waals surface area (Å²) in [5, 5.41) is 8.90. The van der Waals surface area contributed by atoms with Crippen LogP contribution in [-0.2, 0) is 6.18 Å². The zero-order valence-electron chi connectivity index (χ0n) is 11.4. The van der Waals surface area contributed by atoms with E-state index in [9.17, 15) is 13.2 Å². The van der Waals surface area contributed by atoms with Gasteiger partial charge in [0.2, 0.25) is 5.95 Å². The predicted octanol–water partition coefficient (Wildman–Crippen LogP) is 1.52. The van der Waals surface area contributed by atoms with Gasteiger partial charge in [0.25, 0.3) is 0 Å². The van der Waals surface area contributed by atoms with E-state index < -0.39 is 11.9 Å². The van der Waals surface area contributed by atoms with Gasteiger partial charge in [-0.25, -0.2) is 10.8 Å². The van der Waals surface area contributed by atoms with Crippen LogP contribution in [0, 0.1) is 0 Å². The van der Waals surface area contributed by atoms with E-state index in [1.54, 1.807) is 0 Å². The zero-order chi connectivity index (χ0) is 15.5. The lowest BCUT2D eigenvalue weighted by Crippen LogP contribution is -2.31. The third-order valence-electron chi connectivity index (χ3n) is 3.50. The summed E-state index contributed by atoms with van der Waals surface area (Å²) in [4.78, 5) is 9.19. The molecule has 1 unspecified atom stereocenters. The number of hydrazine groups is 1. The first-order valence-corrected chi connectivity index (χ1v) is 6.76. The number of hydrogen-bond acceptors (Lipinski definition) is 6. The Bertz CT molecular complexity index is 482. The van der Waals surface area contributed by atoms with Crippen molar-refractivity contribution in [1.82, 2.24) is 9.97 Å². The Balaban J connectivity index is 2.29. The number of halogens is 3. The number of nitrogen functional groups attached to an aromatic ring is 1. The number of alkyl halides is 3. The number of nitrogens with zero attached hydrogens (tertiary/aromatic N) is 3. The first-order chi connectivity index (χ1) is 9.95. The summed E-state index contributed by atoms with van der Waals surface area (Å²) in [6.07, 6.45) is -1.47. The highest BCUT2D eigenvalue weighted by molar-refractivity contribution is 5.47. The van der Waals surface area contributed by atoms with Gasteiger partial charge in [-0.15, -0.1) is 0 Å². The molecule has 1 aliphatic rings. The summed E-state index contributed by atoms with van der Waals surface area (Å²) in [5.41, 5.74) is 1.05. The van der Waals surface area contributed by atoms with Crippen molar-refractivity contribution in [2.75, 3.05) is 23.5 Å². The first-order valence-electron chi connectivity index (χ1n) is 6.76. The smallest absolute Gasteiger partial charge is 0.396 e. The number of nitrogens with one attached hydrogen (secondary N) is 1. The van der Waals surface area contributed by atoms with E-state index in [4.69, 9.17) is 10.9 Å². The summed E-state index contributed by atoms with van der Waals surface area (Å²) in [6, 6.07) is 1.02. The average Bonchev–Trinajstić information content (AvgIpc) is 2.92. The van der Waals surface area contributed by atoms with Crippen molar-refractivity contribution in [1.29, 1.82) is 0 Å². The molecule has 2 rings (SSSR count). The molecule has 0 aliphatic carbocycles. The molecule has 2 heterocycles. The predicted molar refractivity (Wildman–Crippen MR) is 71.5 cm³/mol. The minimum absolute atomic E-state index is 0.0670. The summed E-state index contributed by atoms with van der Waals surface area (Å²) >= 11 is 0. The second-order valence-electron chi connectivity index (χ2n) is 4.93. The number of hydrogen-bond donors (Lipinski definition) is 3. The SMILES string of the molecule is NNc1nc(N2CCCC2CCCO)cc(C(F)(F)F)n1. The van der Waals surface area contributed by atoms with Crippen molar-refractivity contribution >= 4 is 11.8 Å². The van der Waals surface area contributed by atoms with E-state index in [0.717, 1.165) is 18.9 Å². The lowest BCUT2D eigenvalue weighted by molar-refractivity contribution is -0.141. The van der Waals surface area contributed by atoms with E-state index in [1.165, 1.54) is 0 Å². The maximum absolute atomic E-state index is 12.9. The van der Waals surface area contributed by atoms with E-state index in [2.05, 4.69) is 15.4 Å². The van der Waals surface area contributed by atoms with Crippen LogP contribution in [0.3, 0.4) is 0 Å². The van der Waals surface area contributed by atoms with Crippen LogP contribution in [0.4, 0.5) is 24.9 Å². The average molecular weight is 305 g/mol. The fourth-order valence-electron chi connectivity index (χ4n) is 2.56. The summed E-state index contributed by atoms with van der Waals surface area (Å²) in [6.45, 7) is 0.700. The molecular weight excluding hydrogens is 287 g/mol. The van der Waals surface area contributed by atoms with Crippen molar-refractivity contribution in [3.63, 3.8) is 0 Å². The lowest BCUT2D eigenvalue weighted by atomic mass is 10.1. The standard InChI is InChI=1S/C12H18F3N5O/c13-12(14,15)9-7-10(18-11(17-9)19-16)20-5-1-3-8(20)4-2-6-21/h7-8,21H,1-6,16H2,(H,17,18,19). The number of nitrogens with two attached hydrogens (primary N) is 1. The van der Waals surface area contributed by atoms with E-state index >= 15 is 0 Å². The Hall–Kier alpha value is -1.61. The molecule has 1 aromatic rings. The molecule has 1 saturated heterocycles. The number of aliphatic hydroxyl groups excluding tert-OH is 1.